The van der Waals surface area contributed by atoms with E-state index in [9.17, 15) is 9.59 Å². The minimum Gasteiger partial charge on any atom is -0.298 e. The molecule has 0 spiro atoms. The molecule has 0 unspecified atom stereocenters. The van der Waals surface area contributed by atoms with Gasteiger partial charge in [-0.3, -0.25) is 25.3 Å². The van der Waals surface area contributed by atoms with Crippen molar-refractivity contribution in [3.63, 3.8) is 0 Å². The summed E-state index contributed by atoms with van der Waals surface area (Å²) in [6.07, 6.45) is 1.37. The second-order valence-electron chi connectivity index (χ2n) is 5.91. The number of carbonyl (C=O) groups is 2. The number of nitrogens with zero attached hydrogens (tertiary/aromatic N) is 1. The Balaban J connectivity index is 1.41. The first kappa shape index (κ1) is 16.2. The molecule has 1 aliphatic heterocycles. The molecule has 2 aromatic carbocycles. The molecule has 0 fully saturated rings. The maximum atomic E-state index is 11.9. The summed E-state index contributed by atoms with van der Waals surface area (Å²) in [5.41, 5.74) is 8.17. The van der Waals surface area contributed by atoms with Crippen molar-refractivity contribution in [2.75, 3.05) is 13.1 Å². The molecule has 5 heteroatoms. The first-order chi connectivity index (χ1) is 11.7. The molecule has 1 aliphatic rings. The van der Waals surface area contributed by atoms with Gasteiger partial charge >= 0.3 is 0 Å². The van der Waals surface area contributed by atoms with E-state index in [1.807, 2.05) is 12.1 Å². The summed E-state index contributed by atoms with van der Waals surface area (Å²) in [5.74, 6) is -0.492. The predicted octanol–water partition coefficient (Wildman–Crippen LogP) is 1.90. The van der Waals surface area contributed by atoms with E-state index in [4.69, 9.17) is 0 Å². The maximum Gasteiger partial charge on any atom is 0.269 e. The van der Waals surface area contributed by atoms with Gasteiger partial charge in [-0.05, 0) is 29.7 Å². The molecular formula is C19H21N3O2. The third kappa shape index (κ3) is 4.20. The zero-order chi connectivity index (χ0) is 16.8. The molecule has 2 N–H and O–H groups in total. The summed E-state index contributed by atoms with van der Waals surface area (Å²) in [4.78, 5) is 26.0. The smallest absolute Gasteiger partial charge is 0.269 e. The molecule has 2 aromatic rings. The molecule has 0 aromatic heterocycles. The van der Waals surface area contributed by atoms with Crippen LogP contribution >= 0.6 is 0 Å². The van der Waals surface area contributed by atoms with E-state index in [2.05, 4.69) is 34.0 Å². The Morgan fingerprint density at radius 1 is 0.917 bits per heavy atom. The van der Waals surface area contributed by atoms with Gasteiger partial charge in [-0.15, -0.1) is 0 Å². The number of nitrogens with one attached hydrogen (secondary N) is 2. The van der Waals surface area contributed by atoms with Crippen molar-refractivity contribution < 1.29 is 9.59 Å². The lowest BCUT2D eigenvalue weighted by Crippen LogP contribution is -2.43. The van der Waals surface area contributed by atoms with Crippen LogP contribution in [0.5, 0.6) is 0 Å². The fourth-order valence-electron chi connectivity index (χ4n) is 2.86. The van der Waals surface area contributed by atoms with Gasteiger partial charge in [0, 0.05) is 31.6 Å². The Morgan fingerprint density at radius 3 is 2.42 bits per heavy atom. The predicted molar refractivity (Wildman–Crippen MR) is 92.1 cm³/mol. The first-order valence-corrected chi connectivity index (χ1v) is 8.16. The van der Waals surface area contributed by atoms with Crippen LogP contribution in [-0.4, -0.2) is 29.8 Å². The number of benzene rings is 2. The molecule has 0 radical (unpaired) electrons. The molecule has 0 aliphatic carbocycles. The van der Waals surface area contributed by atoms with Crippen molar-refractivity contribution in [3.05, 3.63) is 71.3 Å². The van der Waals surface area contributed by atoms with Crippen molar-refractivity contribution >= 4 is 11.8 Å². The van der Waals surface area contributed by atoms with E-state index in [-0.39, 0.29) is 11.8 Å². The minimum absolute atomic E-state index is 0.182. The summed E-state index contributed by atoms with van der Waals surface area (Å²) in [7, 11) is 0. The lowest BCUT2D eigenvalue weighted by Gasteiger charge is -2.28. The lowest BCUT2D eigenvalue weighted by atomic mass is 10.00. The fourth-order valence-corrected chi connectivity index (χ4v) is 2.86. The van der Waals surface area contributed by atoms with E-state index in [1.54, 1.807) is 24.3 Å². The van der Waals surface area contributed by atoms with Gasteiger partial charge in [0.1, 0.15) is 0 Å². The van der Waals surface area contributed by atoms with E-state index < -0.39 is 0 Å². The Morgan fingerprint density at radius 2 is 1.62 bits per heavy atom. The second-order valence-corrected chi connectivity index (χ2v) is 5.91. The molecule has 5 nitrogen and oxygen atoms in total. The highest BCUT2D eigenvalue weighted by molar-refractivity contribution is 5.95. The number of amides is 2. The van der Waals surface area contributed by atoms with Gasteiger partial charge in [-0.1, -0.05) is 42.5 Å². The van der Waals surface area contributed by atoms with Crippen molar-refractivity contribution in [3.8, 4) is 0 Å². The van der Waals surface area contributed by atoms with Crippen LogP contribution in [-0.2, 0) is 17.8 Å². The summed E-state index contributed by atoms with van der Waals surface area (Å²) < 4.78 is 0. The Hall–Kier alpha value is -2.66. The van der Waals surface area contributed by atoms with E-state index >= 15 is 0 Å². The van der Waals surface area contributed by atoms with Crippen LogP contribution in [0.25, 0.3) is 0 Å². The van der Waals surface area contributed by atoms with Gasteiger partial charge in [0.15, 0.2) is 0 Å². The van der Waals surface area contributed by atoms with Gasteiger partial charge in [-0.2, -0.15) is 0 Å². The highest BCUT2D eigenvalue weighted by Crippen LogP contribution is 2.18. The number of hydrazine groups is 1. The molecule has 0 bridgehead atoms. The van der Waals surface area contributed by atoms with E-state index in [1.165, 1.54) is 11.1 Å². The molecule has 3 rings (SSSR count). The van der Waals surface area contributed by atoms with E-state index in [0.717, 1.165) is 19.5 Å². The Kier molecular flexibility index (Phi) is 5.23. The highest BCUT2D eigenvalue weighted by atomic mass is 16.2. The van der Waals surface area contributed by atoms with Crippen molar-refractivity contribution in [2.45, 2.75) is 19.4 Å². The third-order valence-corrected chi connectivity index (χ3v) is 4.22. The van der Waals surface area contributed by atoms with Crippen molar-refractivity contribution in [2.24, 2.45) is 0 Å². The van der Waals surface area contributed by atoms with Crippen LogP contribution in [0.2, 0.25) is 0 Å². The van der Waals surface area contributed by atoms with Crippen LogP contribution in [0.15, 0.2) is 54.6 Å². The van der Waals surface area contributed by atoms with Crippen LogP contribution in [0.4, 0.5) is 0 Å². The number of hydrogen-bond donors (Lipinski definition) is 2. The zero-order valence-electron chi connectivity index (χ0n) is 13.5. The molecule has 2 amide bonds. The van der Waals surface area contributed by atoms with Gasteiger partial charge < -0.3 is 0 Å². The first-order valence-electron chi connectivity index (χ1n) is 8.16. The Labute approximate surface area is 141 Å². The number of rotatable bonds is 4. The summed E-state index contributed by atoms with van der Waals surface area (Å²) in [6.45, 7) is 2.52. The topological polar surface area (TPSA) is 61.4 Å². The monoisotopic (exact) mass is 323 g/mol. The van der Waals surface area contributed by atoms with Crippen LogP contribution < -0.4 is 10.9 Å². The highest BCUT2D eigenvalue weighted by Gasteiger charge is 2.16. The normalized spacial score (nSPS) is 13.8. The molecule has 0 saturated heterocycles. The average Bonchev–Trinajstić information content (AvgIpc) is 2.65. The van der Waals surface area contributed by atoms with Gasteiger partial charge in [0.25, 0.3) is 5.91 Å². The lowest BCUT2D eigenvalue weighted by molar-refractivity contribution is -0.122. The van der Waals surface area contributed by atoms with E-state index in [0.29, 0.717) is 18.5 Å². The summed E-state index contributed by atoms with van der Waals surface area (Å²) >= 11 is 0. The van der Waals surface area contributed by atoms with Gasteiger partial charge in [0.2, 0.25) is 5.91 Å². The third-order valence-electron chi connectivity index (χ3n) is 4.22. The maximum absolute atomic E-state index is 11.9. The summed E-state index contributed by atoms with van der Waals surface area (Å²) in [6, 6.07) is 17.2. The molecule has 1 heterocycles. The number of fused-ring (bicyclic) bond motifs is 1. The zero-order valence-corrected chi connectivity index (χ0v) is 13.5. The van der Waals surface area contributed by atoms with Crippen LogP contribution in [0.1, 0.15) is 27.9 Å². The summed E-state index contributed by atoms with van der Waals surface area (Å²) in [5, 5.41) is 0. The molecular weight excluding hydrogens is 302 g/mol. The van der Waals surface area contributed by atoms with Crippen molar-refractivity contribution in [1.82, 2.24) is 15.8 Å². The van der Waals surface area contributed by atoms with Crippen LogP contribution in [0.3, 0.4) is 0 Å². The van der Waals surface area contributed by atoms with Crippen molar-refractivity contribution in [1.29, 1.82) is 0 Å². The quantitative estimate of drug-likeness (QED) is 0.845. The SMILES string of the molecule is O=C(CCN1CCc2ccccc2C1)NNC(=O)c1ccccc1. The number of hydrogen-bond acceptors (Lipinski definition) is 3. The van der Waals surface area contributed by atoms with Gasteiger partial charge in [-0.25, -0.2) is 0 Å². The average molecular weight is 323 g/mol. The minimum atomic E-state index is -0.309. The second kappa shape index (κ2) is 7.75. The largest absolute Gasteiger partial charge is 0.298 e. The van der Waals surface area contributed by atoms with Gasteiger partial charge in [0.05, 0.1) is 0 Å². The molecule has 0 saturated carbocycles. The molecule has 24 heavy (non-hydrogen) atoms. The van der Waals surface area contributed by atoms with Crippen LogP contribution in [0, 0.1) is 0 Å². The Bertz CT molecular complexity index is 716. The fraction of sp³-hybridized carbons (Fsp3) is 0.263. The molecule has 124 valence electrons. The molecule has 0 atom stereocenters. The number of carbonyl (C=O) groups excluding carboxylic acids is 2. The standard InChI is InChI=1S/C19H21N3O2/c23-18(20-21-19(24)16-7-2-1-3-8-16)11-13-22-12-10-15-6-4-5-9-17(15)14-22/h1-9H,10-14H2,(H,20,23)(H,21,24).